The van der Waals surface area contributed by atoms with Gasteiger partial charge in [-0.05, 0) is 22.6 Å². The van der Waals surface area contributed by atoms with Crippen LogP contribution in [0.25, 0.3) is 5.69 Å². The van der Waals surface area contributed by atoms with E-state index in [2.05, 4.69) is 25.6 Å². The van der Waals surface area contributed by atoms with Gasteiger partial charge in [-0.2, -0.15) is 4.68 Å². The SMILES string of the molecule is COC(=O)NCc1nnnn1-c1ccccc1. The van der Waals surface area contributed by atoms with Crippen LogP contribution in [0.4, 0.5) is 4.79 Å². The Labute approximate surface area is 97.4 Å². The smallest absolute Gasteiger partial charge is 0.407 e. The summed E-state index contributed by atoms with van der Waals surface area (Å²) >= 11 is 0. The maximum absolute atomic E-state index is 10.9. The van der Waals surface area contributed by atoms with Crippen molar-refractivity contribution in [3.63, 3.8) is 0 Å². The lowest BCUT2D eigenvalue weighted by molar-refractivity contribution is 0.170. The third-order valence-electron chi connectivity index (χ3n) is 2.11. The molecule has 0 unspecified atom stereocenters. The van der Waals surface area contributed by atoms with E-state index in [0.29, 0.717) is 5.82 Å². The number of benzene rings is 1. The highest BCUT2D eigenvalue weighted by Gasteiger charge is 2.09. The molecule has 7 nitrogen and oxygen atoms in total. The van der Waals surface area contributed by atoms with Gasteiger partial charge in [-0.1, -0.05) is 18.2 Å². The van der Waals surface area contributed by atoms with Crippen molar-refractivity contribution in [3.8, 4) is 5.69 Å². The van der Waals surface area contributed by atoms with Crippen LogP contribution in [0.3, 0.4) is 0 Å². The van der Waals surface area contributed by atoms with Crippen LogP contribution in [0.15, 0.2) is 30.3 Å². The quantitative estimate of drug-likeness (QED) is 0.835. The Morgan fingerprint density at radius 1 is 1.41 bits per heavy atom. The Kier molecular flexibility index (Phi) is 3.29. The summed E-state index contributed by atoms with van der Waals surface area (Å²) in [5, 5.41) is 13.8. The predicted molar refractivity (Wildman–Crippen MR) is 58.4 cm³/mol. The lowest BCUT2D eigenvalue weighted by atomic mass is 10.3. The summed E-state index contributed by atoms with van der Waals surface area (Å²) in [6.07, 6.45) is -0.521. The van der Waals surface area contributed by atoms with Crippen LogP contribution in [0, 0.1) is 0 Å². The van der Waals surface area contributed by atoms with E-state index in [9.17, 15) is 4.79 Å². The van der Waals surface area contributed by atoms with E-state index in [1.54, 1.807) is 4.68 Å². The Hall–Kier alpha value is -2.44. The molecule has 0 radical (unpaired) electrons. The third-order valence-corrected chi connectivity index (χ3v) is 2.11. The van der Waals surface area contributed by atoms with Gasteiger partial charge in [0.2, 0.25) is 0 Å². The standard InChI is InChI=1S/C10H11N5O2/c1-17-10(16)11-7-9-12-13-14-15(9)8-5-3-2-4-6-8/h2-6H,7H2,1H3,(H,11,16). The second-order valence-electron chi connectivity index (χ2n) is 3.19. The fourth-order valence-corrected chi connectivity index (χ4v) is 1.31. The number of para-hydroxylation sites is 1. The monoisotopic (exact) mass is 233 g/mol. The van der Waals surface area contributed by atoms with Gasteiger partial charge >= 0.3 is 6.09 Å². The predicted octanol–water partition coefficient (Wildman–Crippen LogP) is 0.518. The zero-order valence-electron chi connectivity index (χ0n) is 9.20. The van der Waals surface area contributed by atoms with Crippen molar-refractivity contribution >= 4 is 6.09 Å². The molecule has 7 heteroatoms. The summed E-state index contributed by atoms with van der Waals surface area (Å²) in [6.45, 7) is 0.203. The average Bonchev–Trinajstić information content (AvgIpc) is 2.85. The summed E-state index contributed by atoms with van der Waals surface area (Å²) in [5.41, 5.74) is 0.833. The minimum atomic E-state index is -0.521. The zero-order valence-corrected chi connectivity index (χ0v) is 9.20. The second-order valence-corrected chi connectivity index (χ2v) is 3.19. The molecule has 1 heterocycles. The van der Waals surface area contributed by atoms with Gasteiger partial charge in [0.25, 0.3) is 0 Å². The molecule has 0 saturated carbocycles. The summed E-state index contributed by atoms with van der Waals surface area (Å²) < 4.78 is 6.02. The van der Waals surface area contributed by atoms with E-state index >= 15 is 0 Å². The number of carbonyl (C=O) groups excluding carboxylic acids is 1. The number of aromatic nitrogens is 4. The largest absolute Gasteiger partial charge is 0.453 e. The molecule has 1 aromatic carbocycles. The van der Waals surface area contributed by atoms with E-state index in [1.807, 2.05) is 30.3 Å². The number of hydrogen-bond donors (Lipinski definition) is 1. The van der Waals surface area contributed by atoms with E-state index in [1.165, 1.54) is 7.11 Å². The van der Waals surface area contributed by atoms with Crippen LogP contribution in [-0.4, -0.2) is 33.4 Å². The summed E-state index contributed by atoms with van der Waals surface area (Å²) in [6, 6.07) is 9.42. The topological polar surface area (TPSA) is 81.9 Å². The molecule has 17 heavy (non-hydrogen) atoms. The van der Waals surface area contributed by atoms with E-state index in [-0.39, 0.29) is 6.54 Å². The van der Waals surface area contributed by atoms with Gasteiger partial charge in [0.1, 0.15) is 0 Å². The molecule has 0 fully saturated rings. The fourth-order valence-electron chi connectivity index (χ4n) is 1.31. The van der Waals surface area contributed by atoms with Crippen molar-refractivity contribution in [2.45, 2.75) is 6.54 Å². The van der Waals surface area contributed by atoms with Gasteiger partial charge in [-0.15, -0.1) is 5.10 Å². The van der Waals surface area contributed by atoms with Gasteiger partial charge < -0.3 is 10.1 Å². The average molecular weight is 233 g/mol. The molecule has 1 amide bonds. The van der Waals surface area contributed by atoms with Crippen molar-refractivity contribution in [1.29, 1.82) is 0 Å². The molecule has 0 aliphatic rings. The number of amides is 1. The Balaban J connectivity index is 2.15. The van der Waals surface area contributed by atoms with Gasteiger partial charge in [0.15, 0.2) is 5.82 Å². The molecule has 0 aliphatic carbocycles. The number of alkyl carbamates (subject to hydrolysis) is 1. The number of nitrogens with one attached hydrogen (secondary N) is 1. The second kappa shape index (κ2) is 5.06. The normalized spacial score (nSPS) is 9.94. The van der Waals surface area contributed by atoms with Gasteiger partial charge in [0.05, 0.1) is 19.3 Å². The molecule has 0 bridgehead atoms. The molecule has 1 N–H and O–H groups in total. The first-order chi connectivity index (χ1) is 8.31. The number of rotatable bonds is 3. The number of hydrogen-bond acceptors (Lipinski definition) is 5. The Bertz CT molecular complexity index is 496. The molecule has 0 aliphatic heterocycles. The lowest BCUT2D eigenvalue weighted by Gasteiger charge is -2.04. The van der Waals surface area contributed by atoms with Crippen LogP contribution >= 0.6 is 0 Å². The molecule has 2 aromatic rings. The molecule has 0 atom stereocenters. The van der Waals surface area contributed by atoms with Crippen molar-refractivity contribution < 1.29 is 9.53 Å². The number of carbonyl (C=O) groups is 1. The van der Waals surface area contributed by atoms with E-state index < -0.39 is 6.09 Å². The van der Waals surface area contributed by atoms with Crippen LogP contribution in [0.2, 0.25) is 0 Å². The number of nitrogens with zero attached hydrogens (tertiary/aromatic N) is 4. The highest BCUT2D eigenvalue weighted by Crippen LogP contribution is 2.06. The first-order valence-electron chi connectivity index (χ1n) is 4.96. The molecular formula is C10H11N5O2. The van der Waals surface area contributed by atoms with Crippen molar-refractivity contribution in [1.82, 2.24) is 25.5 Å². The van der Waals surface area contributed by atoms with Crippen LogP contribution in [-0.2, 0) is 11.3 Å². The van der Waals surface area contributed by atoms with Gasteiger partial charge in [-0.25, -0.2) is 4.79 Å². The summed E-state index contributed by atoms with van der Waals surface area (Å²) in [5.74, 6) is 0.529. The van der Waals surface area contributed by atoms with Crippen LogP contribution < -0.4 is 5.32 Å². The maximum atomic E-state index is 10.9. The molecule has 0 spiro atoms. The Morgan fingerprint density at radius 3 is 2.88 bits per heavy atom. The third kappa shape index (κ3) is 2.57. The minimum absolute atomic E-state index is 0.203. The number of methoxy groups -OCH3 is 1. The van der Waals surface area contributed by atoms with Crippen molar-refractivity contribution in [2.24, 2.45) is 0 Å². The van der Waals surface area contributed by atoms with Crippen LogP contribution in [0.1, 0.15) is 5.82 Å². The van der Waals surface area contributed by atoms with Crippen molar-refractivity contribution in [2.75, 3.05) is 7.11 Å². The molecule has 0 saturated heterocycles. The highest BCUT2D eigenvalue weighted by atomic mass is 16.5. The van der Waals surface area contributed by atoms with Gasteiger partial charge in [-0.3, -0.25) is 0 Å². The highest BCUT2D eigenvalue weighted by molar-refractivity contribution is 5.66. The fraction of sp³-hybridized carbons (Fsp3) is 0.200. The van der Waals surface area contributed by atoms with E-state index in [4.69, 9.17) is 0 Å². The van der Waals surface area contributed by atoms with Gasteiger partial charge in [0, 0.05) is 0 Å². The van der Waals surface area contributed by atoms with Crippen LogP contribution in [0.5, 0.6) is 0 Å². The van der Waals surface area contributed by atoms with Crippen molar-refractivity contribution in [3.05, 3.63) is 36.2 Å². The first kappa shape index (κ1) is 11.1. The summed E-state index contributed by atoms with van der Waals surface area (Å²) in [7, 11) is 1.30. The zero-order chi connectivity index (χ0) is 12.1. The lowest BCUT2D eigenvalue weighted by Crippen LogP contribution is -2.24. The molecule has 1 aromatic heterocycles. The minimum Gasteiger partial charge on any atom is -0.453 e. The summed E-state index contributed by atoms with van der Waals surface area (Å²) in [4.78, 5) is 10.9. The number of ether oxygens (including phenoxy) is 1. The molecule has 2 rings (SSSR count). The molecular weight excluding hydrogens is 222 g/mol. The first-order valence-corrected chi connectivity index (χ1v) is 4.96. The van der Waals surface area contributed by atoms with E-state index in [0.717, 1.165) is 5.69 Å². The maximum Gasteiger partial charge on any atom is 0.407 e. The number of tetrazole rings is 1. The molecule has 88 valence electrons. The Morgan fingerprint density at radius 2 is 2.18 bits per heavy atom.